The van der Waals surface area contributed by atoms with Gasteiger partial charge in [-0.05, 0) is 17.8 Å². The molecule has 0 fully saturated rings. The second-order valence-electron chi connectivity index (χ2n) is 9.99. The Hall–Kier alpha value is -1.26. The Labute approximate surface area is 186 Å². The average molecular weight is 428 g/mol. The summed E-state index contributed by atoms with van der Waals surface area (Å²) in [4.78, 5) is 24.4. The number of carbonyl (C=O) groups excluding carboxylic acids is 2. The number of hydrogen-bond acceptors (Lipinski definition) is 4. The molecule has 0 rings (SSSR count). The molecule has 0 heterocycles. The molecule has 0 aliphatic rings. The molecule has 178 valence electrons. The second-order valence-corrected chi connectivity index (χ2v) is 9.99. The molecule has 1 N–H and O–H groups in total. The number of amides is 1. The maximum atomic E-state index is 12.5. The molecule has 1 atom stereocenters. The maximum absolute atomic E-state index is 12.5. The molecule has 0 radical (unpaired) electrons. The highest BCUT2D eigenvalue weighted by Crippen LogP contribution is 2.21. The first-order valence-electron chi connectivity index (χ1n) is 12.3. The fraction of sp³-hybridized carbons (Fsp3) is 0.920. The largest absolute Gasteiger partial charge is 0.464 e. The van der Waals surface area contributed by atoms with Crippen molar-refractivity contribution in [3.05, 3.63) is 0 Å². The lowest BCUT2D eigenvalue weighted by Crippen LogP contribution is -2.50. The molecule has 5 nitrogen and oxygen atoms in total. The van der Waals surface area contributed by atoms with Gasteiger partial charge in [0.05, 0.1) is 13.2 Å². The normalized spacial score (nSPS) is 12.6. The van der Waals surface area contributed by atoms with Gasteiger partial charge in [-0.25, -0.2) is 9.59 Å². The first-order valence-corrected chi connectivity index (χ1v) is 12.3. The molecule has 0 aromatic rings. The van der Waals surface area contributed by atoms with E-state index in [0.29, 0.717) is 13.2 Å². The number of nitrogens with one attached hydrogen (secondary N) is 1. The van der Waals surface area contributed by atoms with Gasteiger partial charge in [-0.3, -0.25) is 0 Å². The molecule has 0 aromatic carbocycles. The van der Waals surface area contributed by atoms with E-state index >= 15 is 0 Å². The standard InChI is InChI=1S/C25H49NO4/c1-7-8-9-10-11-12-13-14-15-16-17-18-19-29-23(27)22(25(4,5)6)26-24(28)30-20-21(2)3/h21-22H,7-20H2,1-6H3,(H,26,28). The minimum atomic E-state index is -0.713. The smallest absolute Gasteiger partial charge is 0.407 e. The molecule has 0 spiro atoms. The van der Waals surface area contributed by atoms with Crippen LogP contribution < -0.4 is 5.32 Å². The maximum Gasteiger partial charge on any atom is 0.407 e. The highest BCUT2D eigenvalue weighted by Gasteiger charge is 2.34. The Morgan fingerprint density at radius 1 is 0.767 bits per heavy atom. The topological polar surface area (TPSA) is 64.6 Å². The Morgan fingerprint density at radius 3 is 1.67 bits per heavy atom. The first kappa shape index (κ1) is 28.7. The zero-order chi connectivity index (χ0) is 22.8. The lowest BCUT2D eigenvalue weighted by molar-refractivity contribution is -0.149. The van der Waals surface area contributed by atoms with Crippen LogP contribution in [0.1, 0.15) is 119 Å². The summed E-state index contributed by atoms with van der Waals surface area (Å²) in [6.07, 6.45) is 14.7. The van der Waals surface area contributed by atoms with E-state index < -0.39 is 17.6 Å². The van der Waals surface area contributed by atoms with E-state index in [1.807, 2.05) is 34.6 Å². The first-order chi connectivity index (χ1) is 14.2. The average Bonchev–Trinajstić information content (AvgIpc) is 2.67. The van der Waals surface area contributed by atoms with Crippen LogP contribution in [0.4, 0.5) is 4.79 Å². The molecule has 0 aliphatic carbocycles. The van der Waals surface area contributed by atoms with Crippen LogP contribution in [0.3, 0.4) is 0 Å². The summed E-state index contributed by atoms with van der Waals surface area (Å²) in [7, 11) is 0. The Kier molecular flexibility index (Phi) is 16.7. The zero-order valence-corrected chi connectivity index (χ0v) is 20.7. The third kappa shape index (κ3) is 16.5. The van der Waals surface area contributed by atoms with Crippen molar-refractivity contribution in [1.29, 1.82) is 0 Å². The molecular weight excluding hydrogens is 378 g/mol. The summed E-state index contributed by atoms with van der Waals surface area (Å²) in [6.45, 7) is 12.7. The molecule has 30 heavy (non-hydrogen) atoms. The van der Waals surface area contributed by atoms with Crippen LogP contribution in [0.2, 0.25) is 0 Å². The van der Waals surface area contributed by atoms with Crippen molar-refractivity contribution in [1.82, 2.24) is 5.32 Å². The van der Waals surface area contributed by atoms with Crippen molar-refractivity contribution in [2.24, 2.45) is 11.3 Å². The van der Waals surface area contributed by atoms with Crippen molar-refractivity contribution < 1.29 is 19.1 Å². The van der Waals surface area contributed by atoms with Gasteiger partial charge in [-0.15, -0.1) is 0 Å². The molecule has 5 heteroatoms. The van der Waals surface area contributed by atoms with Crippen LogP contribution in [0, 0.1) is 11.3 Å². The van der Waals surface area contributed by atoms with Crippen LogP contribution >= 0.6 is 0 Å². The second kappa shape index (κ2) is 17.4. The van der Waals surface area contributed by atoms with E-state index in [1.54, 1.807) is 0 Å². The van der Waals surface area contributed by atoms with E-state index in [0.717, 1.165) is 12.8 Å². The van der Waals surface area contributed by atoms with Gasteiger partial charge < -0.3 is 14.8 Å². The van der Waals surface area contributed by atoms with Gasteiger partial charge >= 0.3 is 12.1 Å². The summed E-state index contributed by atoms with van der Waals surface area (Å²) >= 11 is 0. The summed E-state index contributed by atoms with van der Waals surface area (Å²) < 4.78 is 10.6. The Morgan fingerprint density at radius 2 is 1.23 bits per heavy atom. The minimum absolute atomic E-state index is 0.251. The SMILES string of the molecule is CCCCCCCCCCCCCCOC(=O)C(NC(=O)OCC(C)C)C(C)(C)C. The molecular formula is C25H49NO4. The van der Waals surface area contributed by atoms with Gasteiger partial charge in [0.15, 0.2) is 0 Å². The van der Waals surface area contributed by atoms with E-state index in [-0.39, 0.29) is 11.9 Å². The van der Waals surface area contributed by atoms with Crippen molar-refractivity contribution in [2.75, 3.05) is 13.2 Å². The highest BCUT2D eigenvalue weighted by molar-refractivity contribution is 5.82. The van der Waals surface area contributed by atoms with E-state index in [2.05, 4.69) is 12.2 Å². The van der Waals surface area contributed by atoms with Gasteiger partial charge in [0, 0.05) is 0 Å². The van der Waals surface area contributed by atoms with E-state index in [4.69, 9.17) is 9.47 Å². The number of hydrogen-bond donors (Lipinski definition) is 1. The van der Waals surface area contributed by atoms with Gasteiger partial charge in [0.1, 0.15) is 6.04 Å². The third-order valence-electron chi connectivity index (χ3n) is 5.15. The summed E-state index contributed by atoms with van der Waals surface area (Å²) in [5.41, 5.74) is -0.440. The number of esters is 1. The number of alkyl carbamates (subject to hydrolysis) is 1. The molecule has 0 aromatic heterocycles. The van der Waals surface area contributed by atoms with Crippen molar-refractivity contribution in [3.8, 4) is 0 Å². The quantitative estimate of drug-likeness (QED) is 0.200. The van der Waals surface area contributed by atoms with Gasteiger partial charge in [0.25, 0.3) is 0 Å². The van der Waals surface area contributed by atoms with Gasteiger partial charge in [-0.2, -0.15) is 0 Å². The molecule has 1 unspecified atom stereocenters. The zero-order valence-electron chi connectivity index (χ0n) is 20.7. The van der Waals surface area contributed by atoms with Crippen LogP contribution in [0.15, 0.2) is 0 Å². The molecule has 1 amide bonds. The molecule has 0 aliphatic heterocycles. The number of ether oxygens (including phenoxy) is 2. The molecule has 0 saturated heterocycles. The Balaban J connectivity index is 3.88. The minimum Gasteiger partial charge on any atom is -0.464 e. The summed E-state index contributed by atoms with van der Waals surface area (Å²) in [5.74, 6) is -0.131. The monoisotopic (exact) mass is 427 g/mol. The van der Waals surface area contributed by atoms with Crippen LogP contribution in [-0.4, -0.2) is 31.3 Å². The fourth-order valence-corrected chi connectivity index (χ4v) is 3.23. The third-order valence-corrected chi connectivity index (χ3v) is 5.15. The molecule has 0 saturated carbocycles. The lowest BCUT2D eigenvalue weighted by Gasteiger charge is -2.29. The van der Waals surface area contributed by atoms with Crippen LogP contribution in [0.25, 0.3) is 0 Å². The number of rotatable bonds is 17. The predicted octanol–water partition coefficient (Wildman–Crippen LogP) is 7.03. The van der Waals surface area contributed by atoms with E-state index in [9.17, 15) is 9.59 Å². The summed E-state index contributed by atoms with van der Waals surface area (Å²) in [5, 5.41) is 2.67. The van der Waals surface area contributed by atoms with Crippen molar-refractivity contribution in [3.63, 3.8) is 0 Å². The highest BCUT2D eigenvalue weighted by atomic mass is 16.6. The van der Waals surface area contributed by atoms with Crippen molar-refractivity contribution in [2.45, 2.75) is 125 Å². The fourth-order valence-electron chi connectivity index (χ4n) is 3.23. The van der Waals surface area contributed by atoms with Crippen LogP contribution in [0.5, 0.6) is 0 Å². The van der Waals surface area contributed by atoms with Gasteiger partial charge in [0.2, 0.25) is 0 Å². The van der Waals surface area contributed by atoms with Crippen LogP contribution in [-0.2, 0) is 14.3 Å². The Bertz CT molecular complexity index is 443. The summed E-state index contributed by atoms with van der Waals surface area (Å²) in [6, 6.07) is -0.713. The van der Waals surface area contributed by atoms with Crippen molar-refractivity contribution >= 4 is 12.1 Å². The van der Waals surface area contributed by atoms with Gasteiger partial charge in [-0.1, -0.05) is 112 Å². The number of unbranched alkanes of at least 4 members (excludes halogenated alkanes) is 11. The molecule has 0 bridgehead atoms. The van der Waals surface area contributed by atoms with E-state index in [1.165, 1.54) is 64.2 Å². The number of carbonyl (C=O) groups is 2. The lowest BCUT2D eigenvalue weighted by atomic mass is 9.87. The predicted molar refractivity (Wildman–Crippen MR) is 125 cm³/mol.